The standard InChI is InChI=1S/C14H19N5O5/c20-5-8-7(21)4-10(24-8)19-6-15-11-12(19)17-14(18-13(11)22)16-9-2-1-3-23-9/h6-10,20-21H,1-5H2,(H2,16,17,18,22)/t7-,8+,9?,10+/m0/s1. The molecule has 0 bridgehead atoms. The number of hydrogen-bond donors (Lipinski definition) is 4. The molecule has 4 N–H and O–H groups in total. The number of imidazole rings is 1. The highest BCUT2D eigenvalue weighted by atomic mass is 16.5. The number of H-pyrrole nitrogens is 1. The molecular formula is C14H19N5O5. The summed E-state index contributed by atoms with van der Waals surface area (Å²) in [6.07, 6.45) is 1.41. The van der Waals surface area contributed by atoms with Crippen LogP contribution in [0.5, 0.6) is 0 Å². The Hall–Kier alpha value is -2.01. The average Bonchev–Trinajstić information content (AvgIpc) is 3.27. The number of aliphatic hydroxyl groups is 2. The summed E-state index contributed by atoms with van der Waals surface area (Å²) in [6, 6.07) is 0. The summed E-state index contributed by atoms with van der Waals surface area (Å²) in [4.78, 5) is 23.3. The van der Waals surface area contributed by atoms with Gasteiger partial charge in [-0.1, -0.05) is 0 Å². The molecule has 4 atom stereocenters. The summed E-state index contributed by atoms with van der Waals surface area (Å²) in [5, 5.41) is 22.2. The highest BCUT2D eigenvalue weighted by Crippen LogP contribution is 2.30. The highest BCUT2D eigenvalue weighted by Gasteiger charge is 2.35. The van der Waals surface area contributed by atoms with Crippen LogP contribution >= 0.6 is 0 Å². The summed E-state index contributed by atoms with van der Waals surface area (Å²) in [5.74, 6) is 0.304. The molecule has 2 fully saturated rings. The third-order valence-corrected chi connectivity index (χ3v) is 4.35. The van der Waals surface area contributed by atoms with Gasteiger partial charge in [0, 0.05) is 13.0 Å². The fourth-order valence-corrected chi connectivity index (χ4v) is 3.10. The van der Waals surface area contributed by atoms with Crippen LogP contribution < -0.4 is 10.9 Å². The van der Waals surface area contributed by atoms with E-state index in [-0.39, 0.29) is 23.9 Å². The summed E-state index contributed by atoms with van der Waals surface area (Å²) in [7, 11) is 0. The van der Waals surface area contributed by atoms with Gasteiger partial charge in [-0.25, -0.2) is 4.98 Å². The molecule has 10 heteroatoms. The first-order valence-electron chi connectivity index (χ1n) is 7.95. The normalized spacial score (nSPS) is 30.2. The molecule has 130 valence electrons. The largest absolute Gasteiger partial charge is 0.394 e. The Balaban J connectivity index is 1.66. The van der Waals surface area contributed by atoms with Gasteiger partial charge in [-0.2, -0.15) is 4.98 Å². The SMILES string of the molecule is O=c1[nH]c(NC2CCCO2)nc2c1ncn2[C@H]1C[C@H](O)[C@@H](CO)O1. The van der Waals surface area contributed by atoms with Crippen LogP contribution in [-0.4, -0.2) is 61.4 Å². The molecule has 0 aromatic carbocycles. The first-order chi connectivity index (χ1) is 11.7. The first kappa shape index (κ1) is 15.5. The minimum absolute atomic E-state index is 0.176. The van der Waals surface area contributed by atoms with Crippen LogP contribution in [0.3, 0.4) is 0 Å². The Kier molecular flexibility index (Phi) is 3.96. The number of ether oxygens (including phenoxy) is 2. The number of nitrogens with one attached hydrogen (secondary N) is 2. The minimum atomic E-state index is -0.774. The van der Waals surface area contributed by atoms with Gasteiger partial charge in [-0.15, -0.1) is 0 Å². The van der Waals surface area contributed by atoms with Gasteiger partial charge < -0.3 is 25.0 Å². The quantitative estimate of drug-likeness (QED) is 0.576. The fourth-order valence-electron chi connectivity index (χ4n) is 3.10. The Morgan fingerprint density at radius 1 is 1.50 bits per heavy atom. The van der Waals surface area contributed by atoms with Gasteiger partial charge in [0.25, 0.3) is 5.56 Å². The van der Waals surface area contributed by atoms with Gasteiger partial charge in [-0.05, 0) is 12.8 Å². The maximum absolute atomic E-state index is 12.2. The maximum Gasteiger partial charge on any atom is 0.280 e. The Labute approximate surface area is 136 Å². The molecule has 0 aliphatic carbocycles. The lowest BCUT2D eigenvalue weighted by molar-refractivity contribution is -0.0432. The first-order valence-corrected chi connectivity index (χ1v) is 7.95. The van der Waals surface area contributed by atoms with Crippen molar-refractivity contribution in [3.8, 4) is 0 Å². The summed E-state index contributed by atoms with van der Waals surface area (Å²) in [5.41, 5.74) is 0.185. The number of aromatic amines is 1. The van der Waals surface area contributed by atoms with Crippen LogP contribution in [0.1, 0.15) is 25.5 Å². The molecule has 0 amide bonds. The van der Waals surface area contributed by atoms with E-state index in [2.05, 4.69) is 20.3 Å². The van der Waals surface area contributed by atoms with Crippen molar-refractivity contribution < 1.29 is 19.7 Å². The van der Waals surface area contributed by atoms with Crippen molar-refractivity contribution in [2.24, 2.45) is 0 Å². The van der Waals surface area contributed by atoms with E-state index in [1.165, 1.54) is 6.33 Å². The van der Waals surface area contributed by atoms with E-state index in [0.717, 1.165) is 12.8 Å². The van der Waals surface area contributed by atoms with Crippen molar-refractivity contribution in [1.82, 2.24) is 19.5 Å². The third-order valence-electron chi connectivity index (χ3n) is 4.35. The third kappa shape index (κ3) is 2.67. The Morgan fingerprint density at radius 2 is 2.38 bits per heavy atom. The van der Waals surface area contributed by atoms with Crippen molar-refractivity contribution in [2.45, 2.75) is 43.9 Å². The van der Waals surface area contributed by atoms with Crippen LogP contribution in [0.4, 0.5) is 5.95 Å². The van der Waals surface area contributed by atoms with E-state index in [4.69, 9.17) is 9.47 Å². The molecule has 4 heterocycles. The van der Waals surface area contributed by atoms with Crippen LogP contribution in [0.25, 0.3) is 11.2 Å². The number of nitrogens with zero attached hydrogens (tertiary/aromatic N) is 3. The molecule has 2 aromatic rings. The van der Waals surface area contributed by atoms with E-state index in [1.807, 2.05) is 0 Å². The van der Waals surface area contributed by atoms with E-state index in [1.54, 1.807) is 4.57 Å². The number of fused-ring (bicyclic) bond motifs is 1. The van der Waals surface area contributed by atoms with Gasteiger partial charge in [0.15, 0.2) is 11.2 Å². The molecule has 4 rings (SSSR count). The molecule has 1 unspecified atom stereocenters. The molecule has 24 heavy (non-hydrogen) atoms. The van der Waals surface area contributed by atoms with Crippen molar-refractivity contribution >= 4 is 17.1 Å². The van der Waals surface area contributed by atoms with Gasteiger partial charge >= 0.3 is 0 Å². The second-order valence-electron chi connectivity index (χ2n) is 6.00. The summed E-state index contributed by atoms with van der Waals surface area (Å²) in [6.45, 7) is 0.405. The Morgan fingerprint density at radius 3 is 3.08 bits per heavy atom. The second kappa shape index (κ2) is 6.13. The monoisotopic (exact) mass is 337 g/mol. The zero-order chi connectivity index (χ0) is 16.7. The number of hydrogen-bond acceptors (Lipinski definition) is 8. The molecule has 0 radical (unpaired) electrons. The minimum Gasteiger partial charge on any atom is -0.394 e. The second-order valence-corrected chi connectivity index (χ2v) is 6.00. The van der Waals surface area contributed by atoms with Crippen LogP contribution in [0, 0.1) is 0 Å². The molecule has 10 nitrogen and oxygen atoms in total. The molecule has 0 spiro atoms. The predicted molar refractivity (Wildman–Crippen MR) is 82.4 cm³/mol. The van der Waals surface area contributed by atoms with E-state index < -0.39 is 18.4 Å². The molecule has 2 saturated heterocycles. The zero-order valence-corrected chi connectivity index (χ0v) is 12.9. The average molecular weight is 337 g/mol. The molecule has 2 aliphatic heterocycles. The lowest BCUT2D eigenvalue weighted by Gasteiger charge is -2.15. The van der Waals surface area contributed by atoms with Gasteiger partial charge in [0.2, 0.25) is 5.95 Å². The highest BCUT2D eigenvalue weighted by molar-refractivity contribution is 5.70. The number of rotatable bonds is 4. The lowest BCUT2D eigenvalue weighted by Crippen LogP contribution is -2.24. The van der Waals surface area contributed by atoms with Gasteiger partial charge in [0.1, 0.15) is 18.6 Å². The van der Waals surface area contributed by atoms with Crippen molar-refractivity contribution in [2.75, 3.05) is 18.5 Å². The van der Waals surface area contributed by atoms with Gasteiger partial charge in [0.05, 0.1) is 19.0 Å². The van der Waals surface area contributed by atoms with Crippen LogP contribution in [0.15, 0.2) is 11.1 Å². The molecule has 2 aliphatic rings. The van der Waals surface area contributed by atoms with Crippen molar-refractivity contribution in [3.05, 3.63) is 16.7 Å². The van der Waals surface area contributed by atoms with E-state index in [0.29, 0.717) is 24.6 Å². The van der Waals surface area contributed by atoms with E-state index >= 15 is 0 Å². The molecule has 2 aromatic heterocycles. The van der Waals surface area contributed by atoms with Crippen molar-refractivity contribution in [3.63, 3.8) is 0 Å². The lowest BCUT2D eigenvalue weighted by atomic mass is 10.2. The zero-order valence-electron chi connectivity index (χ0n) is 12.9. The van der Waals surface area contributed by atoms with Crippen LogP contribution in [0.2, 0.25) is 0 Å². The van der Waals surface area contributed by atoms with Crippen molar-refractivity contribution in [1.29, 1.82) is 0 Å². The van der Waals surface area contributed by atoms with Crippen LogP contribution in [-0.2, 0) is 9.47 Å². The maximum atomic E-state index is 12.2. The molecular weight excluding hydrogens is 318 g/mol. The smallest absolute Gasteiger partial charge is 0.280 e. The number of anilines is 1. The van der Waals surface area contributed by atoms with Gasteiger partial charge in [-0.3, -0.25) is 14.3 Å². The topological polar surface area (TPSA) is 135 Å². The number of aliphatic hydroxyl groups excluding tert-OH is 2. The fraction of sp³-hybridized carbons (Fsp3) is 0.643. The number of aromatic nitrogens is 4. The predicted octanol–water partition coefficient (Wildman–Crippen LogP) is -0.691. The molecule has 0 saturated carbocycles. The van der Waals surface area contributed by atoms with E-state index in [9.17, 15) is 15.0 Å². The Bertz CT molecular complexity index is 783. The summed E-state index contributed by atoms with van der Waals surface area (Å²) < 4.78 is 12.7. The summed E-state index contributed by atoms with van der Waals surface area (Å²) >= 11 is 0.